The number of rotatable bonds is 2. The Morgan fingerprint density at radius 2 is 2.45 bits per heavy atom. The molecule has 0 spiro atoms. The molecule has 0 radical (unpaired) electrons. The van der Waals surface area contributed by atoms with Gasteiger partial charge < -0.3 is 10.8 Å². The van der Waals surface area contributed by atoms with Crippen LogP contribution in [0.5, 0.6) is 0 Å². The molecule has 0 saturated heterocycles. The number of nitrogens with two attached hydrogens (primary N) is 1. The largest absolute Gasteiger partial charge is 0.399 e. The summed E-state index contributed by atoms with van der Waals surface area (Å²) in [4.78, 5) is 3.89. The summed E-state index contributed by atoms with van der Waals surface area (Å²) in [5.41, 5.74) is 7.34. The normalized spacial score (nSPS) is 9.55. The summed E-state index contributed by atoms with van der Waals surface area (Å²) < 4.78 is 0. The minimum atomic E-state index is -0.0683. The first-order chi connectivity index (χ1) is 5.24. The van der Waals surface area contributed by atoms with Crippen LogP contribution in [0.4, 0.5) is 0 Å². The van der Waals surface area contributed by atoms with Gasteiger partial charge in [0.1, 0.15) is 0 Å². The van der Waals surface area contributed by atoms with Crippen molar-refractivity contribution in [3.8, 4) is 0 Å². The fourth-order valence-electron chi connectivity index (χ4n) is 0.764. The van der Waals surface area contributed by atoms with Gasteiger partial charge in [-0.3, -0.25) is 4.98 Å². The number of aliphatic hydroxyl groups is 1. The highest BCUT2D eigenvalue weighted by molar-refractivity contribution is 5.59. The molecule has 0 amide bonds. The van der Waals surface area contributed by atoms with E-state index in [1.54, 1.807) is 18.3 Å². The lowest BCUT2D eigenvalue weighted by atomic mass is 10.2. The van der Waals surface area contributed by atoms with Crippen molar-refractivity contribution < 1.29 is 5.11 Å². The number of hydrogen-bond acceptors (Lipinski definition) is 3. The lowest BCUT2D eigenvalue weighted by Crippen LogP contribution is -1.96. The highest BCUT2D eigenvalue weighted by Crippen LogP contribution is 2.06. The summed E-state index contributed by atoms with van der Waals surface area (Å²) >= 11 is 0. The Balaban J connectivity index is 3.01. The van der Waals surface area contributed by atoms with Gasteiger partial charge in [0.25, 0.3) is 0 Å². The van der Waals surface area contributed by atoms with Crippen LogP contribution in [-0.2, 0) is 6.61 Å². The molecule has 3 N–H and O–H groups in total. The molecule has 0 aliphatic heterocycles. The predicted molar refractivity (Wildman–Crippen MR) is 43.4 cm³/mol. The molecule has 1 rings (SSSR count). The Morgan fingerprint density at radius 3 is 3.00 bits per heavy atom. The van der Waals surface area contributed by atoms with Gasteiger partial charge in [-0.05, 0) is 12.1 Å². The van der Waals surface area contributed by atoms with Crippen molar-refractivity contribution in [3.63, 3.8) is 0 Å². The maximum absolute atomic E-state index is 8.71. The second-order valence-corrected chi connectivity index (χ2v) is 2.22. The standard InChI is InChI=1S/C8H10N2O/c1-6(9)7-2-3-10-8(4-7)5-11/h2-4,11H,1,5,9H2. The Bertz CT molecular complexity index is 271. The van der Waals surface area contributed by atoms with Crippen LogP contribution in [0.15, 0.2) is 24.9 Å². The van der Waals surface area contributed by atoms with Gasteiger partial charge in [-0.2, -0.15) is 0 Å². The second-order valence-electron chi connectivity index (χ2n) is 2.22. The third-order valence-corrected chi connectivity index (χ3v) is 1.35. The summed E-state index contributed by atoms with van der Waals surface area (Å²) in [6.07, 6.45) is 1.60. The number of pyridine rings is 1. The molecular weight excluding hydrogens is 140 g/mol. The molecule has 0 saturated carbocycles. The monoisotopic (exact) mass is 150 g/mol. The predicted octanol–water partition coefficient (Wildman–Crippen LogP) is 0.503. The van der Waals surface area contributed by atoms with Crippen LogP contribution < -0.4 is 5.73 Å². The van der Waals surface area contributed by atoms with E-state index < -0.39 is 0 Å². The van der Waals surface area contributed by atoms with Gasteiger partial charge in [0.2, 0.25) is 0 Å². The van der Waals surface area contributed by atoms with Crippen molar-refractivity contribution in [1.82, 2.24) is 4.98 Å². The van der Waals surface area contributed by atoms with Crippen molar-refractivity contribution in [2.45, 2.75) is 6.61 Å². The topological polar surface area (TPSA) is 59.1 Å². The van der Waals surface area contributed by atoms with Crippen LogP contribution in [0.25, 0.3) is 5.70 Å². The molecule has 11 heavy (non-hydrogen) atoms. The zero-order valence-electron chi connectivity index (χ0n) is 6.12. The third kappa shape index (κ3) is 1.78. The van der Waals surface area contributed by atoms with Gasteiger partial charge in [-0.1, -0.05) is 6.58 Å². The lowest BCUT2D eigenvalue weighted by molar-refractivity contribution is 0.277. The Kier molecular flexibility index (Phi) is 2.23. The van der Waals surface area contributed by atoms with Crippen molar-refractivity contribution in [1.29, 1.82) is 0 Å². The van der Waals surface area contributed by atoms with E-state index in [9.17, 15) is 0 Å². The SMILES string of the molecule is C=C(N)c1ccnc(CO)c1. The van der Waals surface area contributed by atoms with E-state index in [-0.39, 0.29) is 6.61 Å². The maximum atomic E-state index is 8.71. The van der Waals surface area contributed by atoms with Crippen LogP contribution in [-0.4, -0.2) is 10.1 Å². The van der Waals surface area contributed by atoms with E-state index in [1.165, 1.54) is 0 Å². The summed E-state index contributed by atoms with van der Waals surface area (Å²) in [6, 6.07) is 3.46. The summed E-state index contributed by atoms with van der Waals surface area (Å²) in [7, 11) is 0. The Morgan fingerprint density at radius 1 is 1.73 bits per heavy atom. The molecule has 0 aromatic carbocycles. The summed E-state index contributed by atoms with van der Waals surface area (Å²) in [6.45, 7) is 3.50. The van der Waals surface area contributed by atoms with Gasteiger partial charge in [0.05, 0.1) is 12.3 Å². The number of nitrogens with zero attached hydrogens (tertiary/aromatic N) is 1. The quantitative estimate of drug-likeness (QED) is 0.645. The Labute approximate surface area is 65.2 Å². The molecule has 1 heterocycles. The molecule has 0 unspecified atom stereocenters. The van der Waals surface area contributed by atoms with E-state index in [4.69, 9.17) is 10.8 Å². The van der Waals surface area contributed by atoms with Crippen LogP contribution >= 0.6 is 0 Å². The highest BCUT2D eigenvalue weighted by atomic mass is 16.3. The van der Waals surface area contributed by atoms with E-state index in [0.717, 1.165) is 5.56 Å². The minimum Gasteiger partial charge on any atom is -0.399 e. The van der Waals surface area contributed by atoms with E-state index in [2.05, 4.69) is 11.6 Å². The van der Waals surface area contributed by atoms with Crippen LogP contribution in [0.3, 0.4) is 0 Å². The molecule has 0 aliphatic carbocycles. The average Bonchev–Trinajstić information content (AvgIpc) is 2.05. The molecule has 58 valence electrons. The summed E-state index contributed by atoms with van der Waals surface area (Å²) in [5, 5.41) is 8.71. The van der Waals surface area contributed by atoms with Crippen LogP contribution in [0, 0.1) is 0 Å². The molecule has 0 fully saturated rings. The van der Waals surface area contributed by atoms with Crippen molar-refractivity contribution >= 4 is 5.70 Å². The molecule has 1 aromatic rings. The lowest BCUT2D eigenvalue weighted by Gasteiger charge is -2.00. The van der Waals surface area contributed by atoms with Crippen molar-refractivity contribution in [2.75, 3.05) is 0 Å². The van der Waals surface area contributed by atoms with E-state index >= 15 is 0 Å². The van der Waals surface area contributed by atoms with Gasteiger partial charge >= 0.3 is 0 Å². The maximum Gasteiger partial charge on any atom is 0.0853 e. The van der Waals surface area contributed by atoms with E-state index in [1.807, 2.05) is 0 Å². The molecule has 3 nitrogen and oxygen atoms in total. The molecule has 0 atom stereocenters. The number of hydrogen-bond donors (Lipinski definition) is 2. The first kappa shape index (κ1) is 7.75. The molecule has 0 aliphatic rings. The molecule has 3 heteroatoms. The first-order valence-electron chi connectivity index (χ1n) is 3.24. The number of aromatic nitrogens is 1. The van der Waals surface area contributed by atoms with Crippen molar-refractivity contribution in [3.05, 3.63) is 36.2 Å². The molecule has 1 aromatic heterocycles. The van der Waals surface area contributed by atoms with Crippen LogP contribution in [0.1, 0.15) is 11.3 Å². The van der Waals surface area contributed by atoms with Crippen LogP contribution in [0.2, 0.25) is 0 Å². The minimum absolute atomic E-state index is 0.0683. The fourth-order valence-corrected chi connectivity index (χ4v) is 0.764. The van der Waals surface area contributed by atoms with E-state index in [0.29, 0.717) is 11.4 Å². The van der Waals surface area contributed by atoms with Gasteiger partial charge in [-0.15, -0.1) is 0 Å². The Hall–Kier alpha value is -1.35. The van der Waals surface area contributed by atoms with Gasteiger partial charge in [0, 0.05) is 17.5 Å². The zero-order chi connectivity index (χ0) is 8.27. The van der Waals surface area contributed by atoms with Gasteiger partial charge in [-0.25, -0.2) is 0 Å². The number of aliphatic hydroxyl groups excluding tert-OH is 1. The highest BCUT2D eigenvalue weighted by Gasteiger charge is 1.95. The second kappa shape index (κ2) is 3.16. The first-order valence-corrected chi connectivity index (χ1v) is 3.24. The summed E-state index contributed by atoms with van der Waals surface area (Å²) in [5.74, 6) is 0. The van der Waals surface area contributed by atoms with Gasteiger partial charge in [0.15, 0.2) is 0 Å². The fraction of sp³-hybridized carbons (Fsp3) is 0.125. The zero-order valence-corrected chi connectivity index (χ0v) is 6.12. The third-order valence-electron chi connectivity index (χ3n) is 1.35. The average molecular weight is 150 g/mol. The van der Waals surface area contributed by atoms with Crippen molar-refractivity contribution in [2.24, 2.45) is 5.73 Å². The smallest absolute Gasteiger partial charge is 0.0853 e. The molecular formula is C8H10N2O. The molecule has 0 bridgehead atoms.